The second kappa shape index (κ2) is 6.19. The third kappa shape index (κ3) is 3.26. The van der Waals surface area contributed by atoms with Crippen LogP contribution in [0.15, 0.2) is 35.1 Å². The first kappa shape index (κ1) is 14.7. The number of aromatic nitrogens is 2. The predicted molar refractivity (Wildman–Crippen MR) is 81.8 cm³/mol. The summed E-state index contributed by atoms with van der Waals surface area (Å²) in [7, 11) is 0. The van der Waals surface area contributed by atoms with E-state index in [9.17, 15) is 4.79 Å². The molecular weight excluding hydrogens is 320 g/mol. The molecule has 1 atom stereocenters. The maximum absolute atomic E-state index is 11.2. The molecule has 0 saturated carbocycles. The zero-order valence-electron chi connectivity index (χ0n) is 11.2. The summed E-state index contributed by atoms with van der Waals surface area (Å²) in [5.41, 5.74) is 13.7. The summed E-state index contributed by atoms with van der Waals surface area (Å²) in [4.78, 5) is 11.2. The molecule has 0 aliphatic carbocycles. The second-order valence-corrected chi connectivity index (χ2v) is 5.60. The van der Waals surface area contributed by atoms with Gasteiger partial charge in [0.1, 0.15) is 0 Å². The Hall–Kier alpha value is -1.66. The van der Waals surface area contributed by atoms with Crippen LogP contribution in [0.5, 0.6) is 0 Å². The normalized spacial score (nSPS) is 12.3. The molecule has 4 N–H and O–H groups in total. The first-order valence-corrected chi connectivity index (χ1v) is 7.19. The minimum atomic E-state index is -0.488. The van der Waals surface area contributed by atoms with Crippen LogP contribution in [-0.4, -0.2) is 21.7 Å². The van der Waals surface area contributed by atoms with E-state index in [1.165, 1.54) is 6.20 Å². The SMILES string of the molecule is CCC(N)Cc1ccc(Br)cc1-n1cc(C(N)=O)cn1. The third-order valence-electron chi connectivity index (χ3n) is 3.17. The van der Waals surface area contributed by atoms with Crippen LogP contribution in [-0.2, 0) is 6.42 Å². The summed E-state index contributed by atoms with van der Waals surface area (Å²) in [5.74, 6) is -0.488. The number of rotatable bonds is 5. The molecule has 0 saturated heterocycles. The van der Waals surface area contributed by atoms with E-state index in [2.05, 4.69) is 28.0 Å². The van der Waals surface area contributed by atoms with Gasteiger partial charge in [0.25, 0.3) is 5.91 Å². The zero-order valence-corrected chi connectivity index (χ0v) is 12.8. The number of hydrogen-bond donors (Lipinski definition) is 2. The molecule has 0 aliphatic rings. The summed E-state index contributed by atoms with van der Waals surface area (Å²) >= 11 is 3.45. The average Bonchev–Trinajstić information content (AvgIpc) is 2.90. The fourth-order valence-corrected chi connectivity index (χ4v) is 2.28. The average molecular weight is 337 g/mol. The molecule has 20 heavy (non-hydrogen) atoms. The summed E-state index contributed by atoms with van der Waals surface area (Å²) in [6.07, 6.45) is 4.75. The van der Waals surface area contributed by atoms with E-state index in [-0.39, 0.29) is 6.04 Å². The van der Waals surface area contributed by atoms with Gasteiger partial charge in [0, 0.05) is 16.7 Å². The topological polar surface area (TPSA) is 86.9 Å². The van der Waals surface area contributed by atoms with Gasteiger partial charge in [-0.2, -0.15) is 5.10 Å². The molecule has 0 bridgehead atoms. The number of benzene rings is 1. The van der Waals surface area contributed by atoms with E-state index in [1.807, 2.05) is 18.2 Å². The lowest BCUT2D eigenvalue weighted by atomic mass is 10.0. The van der Waals surface area contributed by atoms with E-state index >= 15 is 0 Å². The minimum Gasteiger partial charge on any atom is -0.366 e. The molecule has 1 aromatic carbocycles. The van der Waals surface area contributed by atoms with Gasteiger partial charge in [0.15, 0.2) is 0 Å². The Labute approximate surface area is 126 Å². The smallest absolute Gasteiger partial charge is 0.251 e. The third-order valence-corrected chi connectivity index (χ3v) is 3.66. The summed E-state index contributed by atoms with van der Waals surface area (Å²) in [6.45, 7) is 2.06. The number of amides is 1. The molecule has 1 amide bonds. The highest BCUT2D eigenvalue weighted by Crippen LogP contribution is 2.22. The summed E-state index contributed by atoms with van der Waals surface area (Å²) in [5, 5.41) is 4.20. The quantitative estimate of drug-likeness (QED) is 0.875. The monoisotopic (exact) mass is 336 g/mol. The number of halogens is 1. The van der Waals surface area contributed by atoms with Crippen LogP contribution >= 0.6 is 15.9 Å². The van der Waals surface area contributed by atoms with Crippen molar-refractivity contribution in [3.63, 3.8) is 0 Å². The lowest BCUT2D eigenvalue weighted by Gasteiger charge is -2.14. The molecule has 106 valence electrons. The Morgan fingerprint density at radius 1 is 1.50 bits per heavy atom. The Balaban J connectivity index is 2.42. The Bertz CT molecular complexity index is 623. The molecule has 2 rings (SSSR count). The van der Waals surface area contributed by atoms with Crippen LogP contribution < -0.4 is 11.5 Å². The molecule has 6 heteroatoms. The number of primary amides is 1. The standard InChI is InChI=1S/C14H17BrN4O/c1-2-12(16)5-9-3-4-11(15)6-13(9)19-8-10(7-18-19)14(17)20/h3-4,6-8,12H,2,5,16H2,1H3,(H2,17,20). The van der Waals surface area contributed by atoms with Crippen molar-refractivity contribution in [2.75, 3.05) is 0 Å². The maximum Gasteiger partial charge on any atom is 0.251 e. The molecule has 0 fully saturated rings. The van der Waals surface area contributed by atoms with Crippen molar-refractivity contribution in [1.29, 1.82) is 0 Å². The number of nitrogens with two attached hydrogens (primary N) is 2. The Morgan fingerprint density at radius 2 is 2.25 bits per heavy atom. The fraction of sp³-hybridized carbons (Fsp3) is 0.286. The lowest BCUT2D eigenvalue weighted by molar-refractivity contribution is 0.100. The van der Waals surface area contributed by atoms with Crippen molar-refractivity contribution in [3.05, 3.63) is 46.2 Å². The van der Waals surface area contributed by atoms with Crippen molar-refractivity contribution in [1.82, 2.24) is 9.78 Å². The van der Waals surface area contributed by atoms with E-state index in [1.54, 1.807) is 10.9 Å². The van der Waals surface area contributed by atoms with Crippen LogP contribution in [0.1, 0.15) is 29.3 Å². The van der Waals surface area contributed by atoms with Gasteiger partial charge < -0.3 is 11.5 Å². The predicted octanol–water partition coefficient (Wildman–Crippen LogP) is 2.01. The van der Waals surface area contributed by atoms with Crippen molar-refractivity contribution in [2.24, 2.45) is 11.5 Å². The van der Waals surface area contributed by atoms with E-state index in [0.717, 1.165) is 28.6 Å². The van der Waals surface area contributed by atoms with Gasteiger partial charge in [-0.3, -0.25) is 4.79 Å². The number of carbonyl (C=O) groups excluding carboxylic acids is 1. The van der Waals surface area contributed by atoms with E-state index in [4.69, 9.17) is 11.5 Å². The largest absolute Gasteiger partial charge is 0.366 e. The van der Waals surface area contributed by atoms with Gasteiger partial charge in [0.2, 0.25) is 0 Å². The van der Waals surface area contributed by atoms with Crippen LogP contribution in [0.3, 0.4) is 0 Å². The second-order valence-electron chi connectivity index (χ2n) is 4.68. The first-order valence-electron chi connectivity index (χ1n) is 6.40. The van der Waals surface area contributed by atoms with Crippen molar-refractivity contribution in [3.8, 4) is 5.69 Å². The highest BCUT2D eigenvalue weighted by Gasteiger charge is 2.12. The molecule has 5 nitrogen and oxygen atoms in total. The number of carbonyl (C=O) groups is 1. The molecule has 0 spiro atoms. The summed E-state index contributed by atoms with van der Waals surface area (Å²) in [6, 6.07) is 6.04. The minimum absolute atomic E-state index is 0.0982. The van der Waals surface area contributed by atoms with Gasteiger partial charge in [0.05, 0.1) is 17.4 Å². The maximum atomic E-state index is 11.2. The lowest BCUT2D eigenvalue weighted by Crippen LogP contribution is -2.22. The van der Waals surface area contributed by atoms with Crippen LogP contribution in [0.4, 0.5) is 0 Å². The summed E-state index contributed by atoms with van der Waals surface area (Å²) < 4.78 is 2.60. The molecule has 0 radical (unpaired) electrons. The van der Waals surface area contributed by atoms with Gasteiger partial charge in [-0.15, -0.1) is 0 Å². The first-order chi connectivity index (χ1) is 9.51. The fourth-order valence-electron chi connectivity index (χ4n) is 1.93. The van der Waals surface area contributed by atoms with Gasteiger partial charge in [-0.1, -0.05) is 28.9 Å². The van der Waals surface area contributed by atoms with Crippen molar-refractivity contribution >= 4 is 21.8 Å². The highest BCUT2D eigenvalue weighted by atomic mass is 79.9. The molecule has 1 heterocycles. The molecule has 0 aliphatic heterocycles. The van der Waals surface area contributed by atoms with Crippen LogP contribution in [0, 0.1) is 0 Å². The Kier molecular flexibility index (Phi) is 4.57. The van der Waals surface area contributed by atoms with Gasteiger partial charge in [-0.05, 0) is 30.5 Å². The van der Waals surface area contributed by atoms with E-state index in [0.29, 0.717) is 5.56 Å². The Morgan fingerprint density at radius 3 is 2.85 bits per heavy atom. The highest BCUT2D eigenvalue weighted by molar-refractivity contribution is 9.10. The number of hydrogen-bond acceptors (Lipinski definition) is 3. The van der Waals surface area contributed by atoms with Crippen molar-refractivity contribution in [2.45, 2.75) is 25.8 Å². The molecule has 2 aromatic rings. The van der Waals surface area contributed by atoms with Crippen LogP contribution in [0.25, 0.3) is 5.69 Å². The molecule has 1 unspecified atom stereocenters. The van der Waals surface area contributed by atoms with E-state index < -0.39 is 5.91 Å². The number of nitrogens with zero attached hydrogens (tertiary/aromatic N) is 2. The zero-order chi connectivity index (χ0) is 14.7. The molecule has 1 aromatic heterocycles. The van der Waals surface area contributed by atoms with Gasteiger partial charge in [-0.25, -0.2) is 4.68 Å². The molecular formula is C14H17BrN4O. The van der Waals surface area contributed by atoms with Gasteiger partial charge >= 0.3 is 0 Å². The van der Waals surface area contributed by atoms with Crippen molar-refractivity contribution < 1.29 is 4.79 Å². The van der Waals surface area contributed by atoms with Crippen LogP contribution in [0.2, 0.25) is 0 Å².